The molecule has 0 bridgehead atoms. The summed E-state index contributed by atoms with van der Waals surface area (Å²) in [5, 5.41) is 9.82. The van der Waals surface area contributed by atoms with Crippen LogP contribution in [0.2, 0.25) is 0 Å². The van der Waals surface area contributed by atoms with Crippen molar-refractivity contribution in [2.24, 2.45) is 0 Å². The van der Waals surface area contributed by atoms with Gasteiger partial charge in [0.15, 0.2) is 5.79 Å². The fourth-order valence-electron chi connectivity index (χ4n) is 1.46. The Bertz CT molecular complexity index is 326. The van der Waals surface area contributed by atoms with Crippen molar-refractivity contribution in [2.45, 2.75) is 31.8 Å². The summed E-state index contributed by atoms with van der Waals surface area (Å²) in [5.41, 5.74) is 0. The highest BCUT2D eigenvalue weighted by atomic mass is 16.7. The third kappa shape index (κ3) is 5.13. The van der Waals surface area contributed by atoms with E-state index in [1.165, 1.54) is 0 Å². The number of allylic oxidation sites excluding steroid dienone is 6. The van der Waals surface area contributed by atoms with Crippen molar-refractivity contribution in [1.29, 1.82) is 0 Å². The van der Waals surface area contributed by atoms with E-state index in [-0.39, 0.29) is 6.10 Å². The minimum absolute atomic E-state index is 0.293. The molecule has 0 aromatic rings. The van der Waals surface area contributed by atoms with Crippen molar-refractivity contribution >= 4 is 0 Å². The van der Waals surface area contributed by atoms with E-state index >= 15 is 0 Å². The van der Waals surface area contributed by atoms with Crippen LogP contribution in [0.4, 0.5) is 0 Å². The van der Waals surface area contributed by atoms with Crippen LogP contribution in [0.25, 0.3) is 0 Å². The largest absolute Gasteiger partial charge is 0.386 e. The van der Waals surface area contributed by atoms with Crippen molar-refractivity contribution in [3.63, 3.8) is 0 Å². The molecule has 94 valence electrons. The highest BCUT2D eigenvalue weighted by molar-refractivity contribution is 5.15. The van der Waals surface area contributed by atoms with E-state index in [1.54, 1.807) is 18.2 Å². The lowest BCUT2D eigenvalue weighted by Crippen LogP contribution is -2.29. The Labute approximate surface area is 103 Å². The zero-order chi connectivity index (χ0) is 12.7. The Morgan fingerprint density at radius 3 is 2.47 bits per heavy atom. The number of hydrogen-bond acceptors (Lipinski definition) is 3. The van der Waals surface area contributed by atoms with Gasteiger partial charge in [-0.1, -0.05) is 49.1 Å². The summed E-state index contributed by atoms with van der Waals surface area (Å²) in [5.74, 6) is -0.595. The van der Waals surface area contributed by atoms with Crippen molar-refractivity contribution in [3.05, 3.63) is 49.1 Å². The van der Waals surface area contributed by atoms with Crippen LogP contribution >= 0.6 is 0 Å². The summed E-state index contributed by atoms with van der Waals surface area (Å²) in [7, 11) is 0. The van der Waals surface area contributed by atoms with Crippen LogP contribution in [-0.4, -0.2) is 29.7 Å². The highest BCUT2D eigenvalue weighted by Crippen LogP contribution is 2.24. The Morgan fingerprint density at radius 1 is 1.24 bits per heavy atom. The van der Waals surface area contributed by atoms with Gasteiger partial charge in [0.2, 0.25) is 0 Å². The molecule has 0 aromatic heterocycles. The second-order valence-electron chi connectivity index (χ2n) is 4.25. The maximum Gasteiger partial charge on any atom is 0.163 e. The van der Waals surface area contributed by atoms with Gasteiger partial charge in [0, 0.05) is 0 Å². The zero-order valence-corrected chi connectivity index (χ0v) is 10.4. The summed E-state index contributed by atoms with van der Waals surface area (Å²) in [6.45, 7) is 7.65. The Kier molecular flexibility index (Phi) is 5.35. The second kappa shape index (κ2) is 6.55. The van der Waals surface area contributed by atoms with Crippen LogP contribution in [0, 0.1) is 0 Å². The Balaban J connectivity index is 2.36. The van der Waals surface area contributed by atoms with Crippen LogP contribution in [0.3, 0.4) is 0 Å². The molecule has 1 aliphatic rings. The summed E-state index contributed by atoms with van der Waals surface area (Å²) in [6, 6.07) is 0. The topological polar surface area (TPSA) is 38.7 Å². The summed E-state index contributed by atoms with van der Waals surface area (Å²) in [4.78, 5) is 0. The van der Waals surface area contributed by atoms with E-state index < -0.39 is 11.9 Å². The SMILES string of the molecule is C=C/C=C/C=C/C=C/[C@H](O)[C@H]1COC(C)(C)O1. The Morgan fingerprint density at radius 2 is 1.88 bits per heavy atom. The maximum absolute atomic E-state index is 9.82. The standard InChI is InChI=1S/C14H20O3/c1-4-5-6-7-8-9-10-12(15)13-11-16-14(2,3)17-13/h4-10,12-13,15H,1,11H2,2-3H3/b6-5+,8-7+,10-9+/t12-,13+/m0/s1. The first-order chi connectivity index (χ1) is 8.05. The van der Waals surface area contributed by atoms with Crippen LogP contribution < -0.4 is 0 Å². The van der Waals surface area contributed by atoms with Gasteiger partial charge >= 0.3 is 0 Å². The van der Waals surface area contributed by atoms with Gasteiger partial charge < -0.3 is 14.6 Å². The van der Waals surface area contributed by atoms with E-state index in [0.29, 0.717) is 6.61 Å². The lowest BCUT2D eigenvalue weighted by molar-refractivity contribution is -0.147. The summed E-state index contributed by atoms with van der Waals surface area (Å²) in [6.07, 6.45) is 11.6. The van der Waals surface area contributed by atoms with Crippen molar-refractivity contribution in [1.82, 2.24) is 0 Å². The molecule has 1 heterocycles. The number of hydrogen-bond donors (Lipinski definition) is 1. The van der Waals surface area contributed by atoms with Crippen LogP contribution in [0.15, 0.2) is 49.1 Å². The average Bonchev–Trinajstić information content (AvgIpc) is 2.64. The van der Waals surface area contributed by atoms with Gasteiger partial charge in [-0.15, -0.1) is 0 Å². The van der Waals surface area contributed by atoms with E-state index in [2.05, 4.69) is 6.58 Å². The zero-order valence-electron chi connectivity index (χ0n) is 10.4. The molecular weight excluding hydrogens is 216 g/mol. The van der Waals surface area contributed by atoms with Crippen molar-refractivity contribution < 1.29 is 14.6 Å². The van der Waals surface area contributed by atoms with Crippen LogP contribution in [0.1, 0.15) is 13.8 Å². The number of aliphatic hydroxyl groups excluding tert-OH is 1. The molecule has 0 spiro atoms. The normalized spacial score (nSPS) is 26.2. The molecule has 3 heteroatoms. The van der Waals surface area contributed by atoms with Gasteiger partial charge in [-0.05, 0) is 13.8 Å². The highest BCUT2D eigenvalue weighted by Gasteiger charge is 2.35. The molecule has 0 amide bonds. The fourth-order valence-corrected chi connectivity index (χ4v) is 1.46. The molecule has 3 nitrogen and oxygen atoms in total. The quantitative estimate of drug-likeness (QED) is 0.745. The molecular formula is C14H20O3. The Hall–Kier alpha value is -1.16. The second-order valence-corrected chi connectivity index (χ2v) is 4.25. The van der Waals surface area contributed by atoms with Gasteiger partial charge in [0.1, 0.15) is 12.2 Å². The van der Waals surface area contributed by atoms with Crippen LogP contribution in [0.5, 0.6) is 0 Å². The van der Waals surface area contributed by atoms with E-state index in [0.717, 1.165) is 0 Å². The van der Waals surface area contributed by atoms with Gasteiger partial charge in [0.25, 0.3) is 0 Å². The molecule has 17 heavy (non-hydrogen) atoms. The first-order valence-corrected chi connectivity index (χ1v) is 5.67. The monoisotopic (exact) mass is 236 g/mol. The first-order valence-electron chi connectivity index (χ1n) is 5.67. The maximum atomic E-state index is 9.82. The third-order valence-electron chi connectivity index (χ3n) is 2.30. The van der Waals surface area contributed by atoms with Crippen LogP contribution in [-0.2, 0) is 9.47 Å². The molecule has 1 rings (SSSR count). The van der Waals surface area contributed by atoms with Crippen molar-refractivity contribution in [3.8, 4) is 0 Å². The number of aliphatic hydroxyl groups is 1. The molecule has 1 fully saturated rings. The van der Waals surface area contributed by atoms with E-state index in [4.69, 9.17) is 9.47 Å². The predicted molar refractivity (Wildman–Crippen MR) is 68.5 cm³/mol. The molecule has 0 aromatic carbocycles. The molecule has 1 N–H and O–H groups in total. The fraction of sp³-hybridized carbons (Fsp3) is 0.429. The minimum Gasteiger partial charge on any atom is -0.386 e. The number of rotatable bonds is 5. The lowest BCUT2D eigenvalue weighted by Gasteiger charge is -2.18. The molecule has 0 unspecified atom stereocenters. The summed E-state index contributed by atoms with van der Waals surface area (Å²) >= 11 is 0. The van der Waals surface area contributed by atoms with Crippen molar-refractivity contribution in [2.75, 3.05) is 6.61 Å². The summed E-state index contributed by atoms with van der Waals surface area (Å²) < 4.78 is 10.9. The smallest absolute Gasteiger partial charge is 0.163 e. The van der Waals surface area contributed by atoms with E-state index in [1.807, 2.05) is 38.2 Å². The minimum atomic E-state index is -0.648. The molecule has 0 saturated carbocycles. The van der Waals surface area contributed by atoms with Gasteiger partial charge in [-0.2, -0.15) is 0 Å². The molecule has 1 aliphatic heterocycles. The molecule has 0 aliphatic carbocycles. The molecule has 1 saturated heterocycles. The third-order valence-corrected chi connectivity index (χ3v) is 2.30. The van der Waals surface area contributed by atoms with E-state index in [9.17, 15) is 5.11 Å². The van der Waals surface area contributed by atoms with Gasteiger partial charge in [-0.25, -0.2) is 0 Å². The van der Waals surface area contributed by atoms with Gasteiger partial charge in [0.05, 0.1) is 6.61 Å². The number of ether oxygens (including phenoxy) is 2. The lowest BCUT2D eigenvalue weighted by atomic mass is 10.2. The molecule has 2 atom stereocenters. The molecule has 0 radical (unpaired) electrons. The average molecular weight is 236 g/mol. The first kappa shape index (κ1) is 13.9. The van der Waals surface area contributed by atoms with Gasteiger partial charge in [-0.3, -0.25) is 0 Å². The predicted octanol–water partition coefficient (Wildman–Crippen LogP) is 2.35.